The van der Waals surface area contributed by atoms with Gasteiger partial charge >= 0.3 is 5.97 Å². The molecular formula is C13H15NO3S. The average Bonchev–Trinajstić information content (AvgIpc) is 2.34. The predicted molar refractivity (Wildman–Crippen MR) is 70.5 cm³/mol. The molecule has 0 saturated carbocycles. The third-order valence-corrected chi connectivity index (χ3v) is 4.08. The second-order valence-electron chi connectivity index (χ2n) is 4.40. The Morgan fingerprint density at radius 2 is 2.11 bits per heavy atom. The van der Waals surface area contributed by atoms with E-state index in [0.29, 0.717) is 6.54 Å². The van der Waals surface area contributed by atoms with Crippen molar-refractivity contribution >= 4 is 23.6 Å². The zero-order valence-corrected chi connectivity index (χ0v) is 10.9. The third-order valence-electron chi connectivity index (χ3n) is 2.92. The molecule has 1 aliphatic rings. The van der Waals surface area contributed by atoms with Crippen LogP contribution in [0.4, 0.5) is 0 Å². The van der Waals surface area contributed by atoms with Gasteiger partial charge in [0.05, 0.1) is 5.75 Å². The van der Waals surface area contributed by atoms with Crippen molar-refractivity contribution in [3.8, 4) is 0 Å². The molecule has 96 valence electrons. The summed E-state index contributed by atoms with van der Waals surface area (Å²) in [6.45, 7) is 2.78. The van der Waals surface area contributed by atoms with Gasteiger partial charge in [-0.25, -0.2) is 0 Å². The summed E-state index contributed by atoms with van der Waals surface area (Å²) in [5.74, 6) is -0.581. The molecule has 1 fully saturated rings. The molecule has 1 aliphatic heterocycles. The van der Waals surface area contributed by atoms with Crippen molar-refractivity contribution in [3.63, 3.8) is 0 Å². The number of aliphatic carboxylic acids is 1. The Hall–Kier alpha value is -1.49. The number of benzene rings is 1. The minimum absolute atomic E-state index is 0.0121. The van der Waals surface area contributed by atoms with Gasteiger partial charge in [-0.1, -0.05) is 29.8 Å². The van der Waals surface area contributed by atoms with E-state index in [1.54, 1.807) is 4.90 Å². The second kappa shape index (κ2) is 5.44. The first-order chi connectivity index (χ1) is 8.56. The zero-order chi connectivity index (χ0) is 13.1. The lowest BCUT2D eigenvalue weighted by atomic mass is 10.1. The quantitative estimate of drug-likeness (QED) is 0.900. The standard InChI is InChI=1S/C13H15NO3S/c1-9-2-4-10(5-3-9)6-14-7-11(13(16)17)18-8-12(14)15/h2-5,11H,6-8H2,1H3,(H,16,17). The summed E-state index contributed by atoms with van der Waals surface area (Å²) in [4.78, 5) is 24.3. The molecule has 1 aromatic rings. The summed E-state index contributed by atoms with van der Waals surface area (Å²) in [6.07, 6.45) is 0. The SMILES string of the molecule is Cc1ccc(CN2CC(C(=O)O)SCC2=O)cc1. The first kappa shape index (κ1) is 13.0. The van der Waals surface area contributed by atoms with E-state index < -0.39 is 11.2 Å². The van der Waals surface area contributed by atoms with Crippen LogP contribution in [0.25, 0.3) is 0 Å². The lowest BCUT2D eigenvalue weighted by Crippen LogP contribution is -2.44. The minimum Gasteiger partial charge on any atom is -0.480 e. The number of carbonyl (C=O) groups excluding carboxylic acids is 1. The lowest BCUT2D eigenvalue weighted by Gasteiger charge is -2.30. The summed E-state index contributed by atoms with van der Waals surface area (Å²) in [5.41, 5.74) is 2.20. The van der Waals surface area contributed by atoms with Gasteiger partial charge in [0.15, 0.2) is 0 Å². The Bertz CT molecular complexity index is 458. The van der Waals surface area contributed by atoms with Crippen LogP contribution in [0, 0.1) is 6.92 Å². The van der Waals surface area contributed by atoms with E-state index >= 15 is 0 Å². The molecule has 1 saturated heterocycles. The van der Waals surface area contributed by atoms with Crippen molar-refractivity contribution in [1.29, 1.82) is 0 Å². The Morgan fingerprint density at radius 1 is 1.44 bits per heavy atom. The van der Waals surface area contributed by atoms with E-state index in [1.807, 2.05) is 31.2 Å². The molecule has 1 N–H and O–H groups in total. The third kappa shape index (κ3) is 3.04. The van der Waals surface area contributed by atoms with E-state index in [-0.39, 0.29) is 18.2 Å². The van der Waals surface area contributed by atoms with Crippen molar-refractivity contribution in [2.75, 3.05) is 12.3 Å². The smallest absolute Gasteiger partial charge is 0.318 e. The van der Waals surface area contributed by atoms with Crippen molar-refractivity contribution in [1.82, 2.24) is 4.90 Å². The average molecular weight is 265 g/mol. The fraction of sp³-hybridized carbons (Fsp3) is 0.385. The second-order valence-corrected chi connectivity index (χ2v) is 5.59. The molecule has 0 aliphatic carbocycles. The highest BCUT2D eigenvalue weighted by Gasteiger charge is 2.30. The van der Waals surface area contributed by atoms with Crippen molar-refractivity contribution in [2.24, 2.45) is 0 Å². The normalized spacial score (nSPS) is 19.9. The summed E-state index contributed by atoms with van der Waals surface area (Å²) in [6, 6.07) is 7.93. The zero-order valence-electron chi connectivity index (χ0n) is 10.1. The highest BCUT2D eigenvalue weighted by Crippen LogP contribution is 2.21. The first-order valence-electron chi connectivity index (χ1n) is 5.74. The molecule has 0 bridgehead atoms. The van der Waals surface area contributed by atoms with Crippen molar-refractivity contribution in [3.05, 3.63) is 35.4 Å². The number of rotatable bonds is 3. The molecule has 5 heteroatoms. The summed E-state index contributed by atoms with van der Waals surface area (Å²) in [7, 11) is 0. The number of carbonyl (C=O) groups is 2. The number of hydrogen-bond acceptors (Lipinski definition) is 3. The van der Waals surface area contributed by atoms with Gasteiger partial charge in [-0.15, -0.1) is 11.8 Å². The summed E-state index contributed by atoms with van der Waals surface area (Å²) in [5, 5.41) is 8.48. The van der Waals surface area contributed by atoms with Gasteiger partial charge in [0.1, 0.15) is 5.25 Å². The van der Waals surface area contributed by atoms with E-state index in [1.165, 1.54) is 17.3 Å². The van der Waals surface area contributed by atoms with Crippen LogP contribution in [0.15, 0.2) is 24.3 Å². The van der Waals surface area contributed by atoms with Gasteiger partial charge in [0, 0.05) is 13.1 Å². The largest absolute Gasteiger partial charge is 0.480 e. The number of hydrogen-bond donors (Lipinski definition) is 1. The summed E-state index contributed by atoms with van der Waals surface area (Å²) < 4.78 is 0. The maximum atomic E-state index is 11.7. The number of amides is 1. The topological polar surface area (TPSA) is 57.6 Å². The molecule has 18 heavy (non-hydrogen) atoms. The van der Waals surface area contributed by atoms with Crippen molar-refractivity contribution < 1.29 is 14.7 Å². The molecule has 1 heterocycles. The van der Waals surface area contributed by atoms with Crippen LogP contribution >= 0.6 is 11.8 Å². The monoisotopic (exact) mass is 265 g/mol. The number of nitrogens with zero attached hydrogens (tertiary/aromatic N) is 1. The molecule has 1 atom stereocenters. The first-order valence-corrected chi connectivity index (χ1v) is 6.79. The van der Waals surface area contributed by atoms with Gasteiger partial charge in [0.25, 0.3) is 0 Å². The van der Waals surface area contributed by atoms with E-state index in [2.05, 4.69) is 0 Å². The van der Waals surface area contributed by atoms with Crippen LogP contribution in [0.5, 0.6) is 0 Å². The number of carboxylic acids is 1. The Labute approximate surface area is 110 Å². The fourth-order valence-corrected chi connectivity index (χ4v) is 2.79. The molecular weight excluding hydrogens is 250 g/mol. The molecule has 1 unspecified atom stereocenters. The number of aryl methyl sites for hydroxylation is 1. The maximum Gasteiger partial charge on any atom is 0.318 e. The van der Waals surface area contributed by atoms with Gasteiger partial charge in [-0.2, -0.15) is 0 Å². The van der Waals surface area contributed by atoms with E-state index in [0.717, 1.165) is 5.56 Å². The summed E-state index contributed by atoms with van der Waals surface area (Å²) >= 11 is 1.21. The number of carboxylic acid groups (broad SMARTS) is 1. The molecule has 0 aromatic heterocycles. The molecule has 0 spiro atoms. The highest BCUT2D eigenvalue weighted by molar-refractivity contribution is 8.01. The van der Waals surface area contributed by atoms with Crippen LogP contribution < -0.4 is 0 Å². The Balaban J connectivity index is 2.04. The van der Waals surface area contributed by atoms with Gasteiger partial charge in [-0.3, -0.25) is 9.59 Å². The van der Waals surface area contributed by atoms with Gasteiger partial charge in [0.2, 0.25) is 5.91 Å². The van der Waals surface area contributed by atoms with Crippen LogP contribution in [-0.2, 0) is 16.1 Å². The molecule has 2 rings (SSSR count). The van der Waals surface area contributed by atoms with Crippen LogP contribution in [-0.4, -0.2) is 39.4 Å². The molecule has 1 amide bonds. The Kier molecular flexibility index (Phi) is 3.91. The number of thioether (sulfide) groups is 1. The van der Waals surface area contributed by atoms with E-state index in [4.69, 9.17) is 5.11 Å². The van der Waals surface area contributed by atoms with Crippen molar-refractivity contribution in [2.45, 2.75) is 18.7 Å². The molecule has 4 nitrogen and oxygen atoms in total. The minimum atomic E-state index is -0.846. The van der Waals surface area contributed by atoms with Crippen LogP contribution in [0.2, 0.25) is 0 Å². The maximum absolute atomic E-state index is 11.7. The Morgan fingerprint density at radius 3 is 2.72 bits per heavy atom. The molecule has 1 aromatic carbocycles. The fourth-order valence-electron chi connectivity index (χ4n) is 1.83. The van der Waals surface area contributed by atoms with E-state index in [9.17, 15) is 9.59 Å². The lowest BCUT2D eigenvalue weighted by molar-refractivity contribution is -0.138. The molecule has 0 radical (unpaired) electrons. The predicted octanol–water partition coefficient (Wildman–Crippen LogP) is 1.52. The van der Waals surface area contributed by atoms with Crippen LogP contribution in [0.3, 0.4) is 0 Å². The highest BCUT2D eigenvalue weighted by atomic mass is 32.2. The van der Waals surface area contributed by atoms with Gasteiger partial charge < -0.3 is 10.0 Å². The van der Waals surface area contributed by atoms with Crippen LogP contribution in [0.1, 0.15) is 11.1 Å². The van der Waals surface area contributed by atoms with Gasteiger partial charge in [-0.05, 0) is 12.5 Å².